The maximum absolute atomic E-state index is 13.1. The zero-order chi connectivity index (χ0) is 19.3. The minimum Gasteiger partial charge on any atom is -0.317 e. The van der Waals surface area contributed by atoms with Crippen LogP contribution in [0.5, 0.6) is 0 Å². The molecule has 1 aromatic heterocycles. The fourth-order valence-electron chi connectivity index (χ4n) is 4.67. The van der Waals surface area contributed by atoms with Crippen molar-refractivity contribution >= 4 is 22.8 Å². The fraction of sp³-hybridized carbons (Fsp3) is 0.550. The number of nitrogens with zero attached hydrogens (tertiary/aromatic N) is 3. The highest BCUT2D eigenvalue weighted by Crippen LogP contribution is 2.35. The van der Waals surface area contributed by atoms with Gasteiger partial charge in [-0.2, -0.15) is 0 Å². The Morgan fingerprint density at radius 3 is 2.44 bits per heavy atom. The molecule has 2 fully saturated rings. The van der Waals surface area contributed by atoms with E-state index >= 15 is 0 Å². The van der Waals surface area contributed by atoms with Gasteiger partial charge in [-0.3, -0.25) is 23.6 Å². The number of nitrogens with one attached hydrogen (secondary N) is 1. The Kier molecular flexibility index (Phi) is 4.42. The molecule has 144 valence electrons. The van der Waals surface area contributed by atoms with Gasteiger partial charge < -0.3 is 5.32 Å². The zero-order valence-corrected chi connectivity index (χ0v) is 16.1. The molecule has 2 amide bonds. The molecule has 27 heavy (non-hydrogen) atoms. The van der Waals surface area contributed by atoms with Gasteiger partial charge in [-0.1, -0.05) is 6.07 Å². The first-order valence-corrected chi connectivity index (χ1v) is 9.63. The Balaban J connectivity index is 1.91. The number of imidazole rings is 1. The number of fused-ring (bicyclic) bond motifs is 1. The summed E-state index contributed by atoms with van der Waals surface area (Å²) >= 11 is 0. The van der Waals surface area contributed by atoms with Crippen LogP contribution in [0.4, 0.5) is 0 Å². The first-order valence-electron chi connectivity index (χ1n) is 9.63. The second-order valence-corrected chi connectivity index (χ2v) is 7.75. The molecule has 1 atom stereocenters. The van der Waals surface area contributed by atoms with E-state index in [9.17, 15) is 14.4 Å². The molecule has 0 bridgehead atoms. The lowest BCUT2D eigenvalue weighted by molar-refractivity contribution is -0.149. The Morgan fingerprint density at radius 1 is 1.04 bits per heavy atom. The summed E-state index contributed by atoms with van der Waals surface area (Å²) in [5, 5.41) is 3.39. The summed E-state index contributed by atoms with van der Waals surface area (Å²) in [6, 6.07) is 3.38. The van der Waals surface area contributed by atoms with Crippen LogP contribution in [0.1, 0.15) is 48.8 Å². The van der Waals surface area contributed by atoms with E-state index in [2.05, 4.69) is 18.3 Å². The third-order valence-electron chi connectivity index (χ3n) is 6.18. The predicted molar refractivity (Wildman–Crippen MR) is 103 cm³/mol. The third kappa shape index (κ3) is 2.72. The standard InChI is InChI=1S/C20H26N4O3/c1-12-4-5-14-18(17(12)13-8-10-21-11-9-13)23(3)20(27)24(14)15-6-7-16(25)22(2)19(15)26/h4-5,13,15,21H,6-11H2,1-3H3. The lowest BCUT2D eigenvalue weighted by Crippen LogP contribution is -2.45. The number of amides is 2. The van der Waals surface area contributed by atoms with E-state index in [1.54, 1.807) is 16.2 Å². The number of rotatable bonds is 2. The molecule has 2 saturated heterocycles. The summed E-state index contributed by atoms with van der Waals surface area (Å²) in [5.41, 5.74) is 3.94. The first kappa shape index (κ1) is 18.0. The van der Waals surface area contributed by atoms with E-state index in [1.165, 1.54) is 18.2 Å². The van der Waals surface area contributed by atoms with E-state index in [4.69, 9.17) is 0 Å². The number of carbonyl (C=O) groups excluding carboxylic acids is 2. The molecule has 3 heterocycles. The van der Waals surface area contributed by atoms with Gasteiger partial charge in [0.1, 0.15) is 6.04 Å². The highest BCUT2D eigenvalue weighted by molar-refractivity contribution is 6.00. The Bertz CT molecular complexity index is 981. The van der Waals surface area contributed by atoms with Crippen LogP contribution in [0, 0.1) is 6.92 Å². The van der Waals surface area contributed by atoms with Gasteiger partial charge in [0.25, 0.3) is 5.91 Å². The van der Waals surface area contributed by atoms with E-state index in [0.29, 0.717) is 12.3 Å². The summed E-state index contributed by atoms with van der Waals surface area (Å²) in [4.78, 5) is 38.8. The lowest BCUT2D eigenvalue weighted by Gasteiger charge is -2.28. The smallest absolute Gasteiger partial charge is 0.317 e. The zero-order valence-electron chi connectivity index (χ0n) is 16.1. The van der Waals surface area contributed by atoms with E-state index in [0.717, 1.165) is 41.9 Å². The van der Waals surface area contributed by atoms with Crippen molar-refractivity contribution in [1.82, 2.24) is 19.4 Å². The molecule has 1 aromatic carbocycles. The number of aromatic nitrogens is 2. The molecule has 2 aromatic rings. The van der Waals surface area contributed by atoms with Gasteiger partial charge in [-0.15, -0.1) is 0 Å². The minimum atomic E-state index is -0.618. The van der Waals surface area contributed by atoms with Crippen molar-refractivity contribution in [2.24, 2.45) is 7.05 Å². The van der Waals surface area contributed by atoms with Crippen molar-refractivity contribution in [3.8, 4) is 0 Å². The van der Waals surface area contributed by atoms with Crippen molar-refractivity contribution in [3.05, 3.63) is 33.7 Å². The highest BCUT2D eigenvalue weighted by atomic mass is 16.2. The molecular weight excluding hydrogens is 344 g/mol. The van der Waals surface area contributed by atoms with Crippen LogP contribution < -0.4 is 11.0 Å². The number of likely N-dealkylation sites (N-methyl/N-ethyl adjacent to an activating group) is 1. The molecule has 4 rings (SSSR count). The topological polar surface area (TPSA) is 76.3 Å². The van der Waals surface area contributed by atoms with Crippen LogP contribution >= 0.6 is 0 Å². The predicted octanol–water partition coefficient (Wildman–Crippen LogP) is 1.44. The van der Waals surface area contributed by atoms with Gasteiger partial charge in [-0.05, 0) is 62.4 Å². The SMILES string of the molecule is Cc1ccc2c(c1C1CCNCC1)n(C)c(=O)n2C1CCC(=O)N(C)C1=O. The van der Waals surface area contributed by atoms with Crippen molar-refractivity contribution in [1.29, 1.82) is 0 Å². The van der Waals surface area contributed by atoms with Crippen molar-refractivity contribution in [3.63, 3.8) is 0 Å². The largest absolute Gasteiger partial charge is 0.329 e. The summed E-state index contributed by atoms with van der Waals surface area (Å²) in [6.07, 6.45) is 2.73. The molecule has 0 spiro atoms. The Hall–Kier alpha value is -2.41. The minimum absolute atomic E-state index is 0.184. The molecule has 0 saturated carbocycles. The van der Waals surface area contributed by atoms with Gasteiger partial charge >= 0.3 is 5.69 Å². The molecule has 2 aliphatic heterocycles. The summed E-state index contributed by atoms with van der Waals surface area (Å²) < 4.78 is 3.29. The maximum Gasteiger partial charge on any atom is 0.329 e. The van der Waals surface area contributed by atoms with Crippen LogP contribution in [0.2, 0.25) is 0 Å². The van der Waals surface area contributed by atoms with E-state index in [-0.39, 0.29) is 23.9 Å². The highest BCUT2D eigenvalue weighted by Gasteiger charge is 2.36. The monoisotopic (exact) mass is 370 g/mol. The fourth-order valence-corrected chi connectivity index (χ4v) is 4.67. The quantitative estimate of drug-likeness (QED) is 0.812. The average Bonchev–Trinajstić information content (AvgIpc) is 2.92. The van der Waals surface area contributed by atoms with Crippen LogP contribution in [0.15, 0.2) is 16.9 Å². The number of hydrogen-bond acceptors (Lipinski definition) is 4. The van der Waals surface area contributed by atoms with Gasteiger partial charge in [0.05, 0.1) is 11.0 Å². The number of imide groups is 1. The second-order valence-electron chi connectivity index (χ2n) is 7.75. The Labute approximate surface area is 157 Å². The summed E-state index contributed by atoms with van der Waals surface area (Å²) in [7, 11) is 3.28. The molecule has 0 radical (unpaired) electrons. The van der Waals surface area contributed by atoms with E-state index in [1.807, 2.05) is 6.07 Å². The van der Waals surface area contributed by atoms with Gasteiger partial charge in [0, 0.05) is 20.5 Å². The van der Waals surface area contributed by atoms with Gasteiger partial charge in [0.2, 0.25) is 5.91 Å². The third-order valence-corrected chi connectivity index (χ3v) is 6.18. The molecular formula is C20H26N4O3. The molecule has 1 unspecified atom stereocenters. The number of piperidine rings is 2. The molecule has 0 aliphatic carbocycles. The second kappa shape index (κ2) is 6.64. The van der Waals surface area contributed by atoms with Crippen molar-refractivity contribution in [2.45, 2.75) is 44.6 Å². The van der Waals surface area contributed by atoms with Crippen molar-refractivity contribution < 1.29 is 9.59 Å². The molecule has 2 aliphatic rings. The lowest BCUT2D eigenvalue weighted by atomic mass is 9.86. The molecule has 7 heteroatoms. The van der Waals surface area contributed by atoms with Gasteiger partial charge in [-0.25, -0.2) is 4.79 Å². The van der Waals surface area contributed by atoms with Gasteiger partial charge in [0.15, 0.2) is 0 Å². The van der Waals surface area contributed by atoms with E-state index < -0.39 is 6.04 Å². The number of benzene rings is 1. The van der Waals surface area contributed by atoms with Crippen LogP contribution in [0.25, 0.3) is 11.0 Å². The first-order chi connectivity index (χ1) is 12.9. The van der Waals surface area contributed by atoms with Crippen LogP contribution in [-0.2, 0) is 16.6 Å². The van der Waals surface area contributed by atoms with Crippen molar-refractivity contribution in [2.75, 3.05) is 20.1 Å². The number of aryl methyl sites for hydroxylation is 2. The van der Waals surface area contributed by atoms with Crippen LogP contribution in [0.3, 0.4) is 0 Å². The molecule has 1 N–H and O–H groups in total. The summed E-state index contributed by atoms with van der Waals surface area (Å²) in [5.74, 6) is -0.0803. The number of carbonyl (C=O) groups is 2. The summed E-state index contributed by atoms with van der Waals surface area (Å²) in [6.45, 7) is 4.04. The Morgan fingerprint density at radius 2 is 1.74 bits per heavy atom. The maximum atomic E-state index is 13.1. The normalized spacial score (nSPS) is 22.0. The number of hydrogen-bond donors (Lipinski definition) is 1. The average molecular weight is 370 g/mol. The van der Waals surface area contributed by atoms with Crippen LogP contribution in [-0.4, -0.2) is 46.0 Å². The molecule has 7 nitrogen and oxygen atoms in total. The number of likely N-dealkylation sites (tertiary alicyclic amines) is 1.